The molecule has 0 saturated carbocycles. The fourth-order valence-electron chi connectivity index (χ4n) is 4.79. The van der Waals surface area contributed by atoms with Gasteiger partial charge in [-0.3, -0.25) is 4.55 Å². The minimum Gasteiger partial charge on any atom is -0.449 e. The maximum absolute atomic E-state index is 14.2. The van der Waals surface area contributed by atoms with Crippen LogP contribution >= 0.6 is 11.3 Å². The van der Waals surface area contributed by atoms with E-state index >= 15 is 0 Å². The van der Waals surface area contributed by atoms with Gasteiger partial charge in [0.2, 0.25) is 11.8 Å². The van der Waals surface area contributed by atoms with E-state index in [1.54, 1.807) is 0 Å². The number of unbranched alkanes of at least 4 members (excludes halogenated alkanes) is 1. The molecule has 15 heteroatoms. The predicted molar refractivity (Wildman–Crippen MR) is 156 cm³/mol. The third-order valence-electron chi connectivity index (χ3n) is 6.97. The zero-order valence-corrected chi connectivity index (χ0v) is 25.2. The van der Waals surface area contributed by atoms with Crippen LogP contribution in [0.2, 0.25) is 0 Å². The number of sulfone groups is 1. The van der Waals surface area contributed by atoms with Crippen molar-refractivity contribution in [2.24, 2.45) is 0 Å². The van der Waals surface area contributed by atoms with Crippen molar-refractivity contribution >= 4 is 47.6 Å². The highest BCUT2D eigenvalue weighted by molar-refractivity contribution is 7.92. The van der Waals surface area contributed by atoms with Gasteiger partial charge >= 0.3 is 6.09 Å². The molecule has 4 aromatic rings. The number of fused-ring (bicyclic) bond motifs is 1. The highest BCUT2D eigenvalue weighted by Crippen LogP contribution is 2.40. The summed E-state index contributed by atoms with van der Waals surface area (Å²) in [6.07, 6.45) is 1.49. The monoisotopic (exact) mass is 634 g/mol. The average molecular weight is 635 g/mol. The first-order chi connectivity index (χ1) is 20.0. The van der Waals surface area contributed by atoms with Gasteiger partial charge in [0, 0.05) is 13.1 Å². The molecule has 1 fully saturated rings. The van der Waals surface area contributed by atoms with Gasteiger partial charge in [-0.15, -0.1) is 21.5 Å². The summed E-state index contributed by atoms with van der Waals surface area (Å²) in [4.78, 5) is 18.5. The number of benzene rings is 2. The maximum atomic E-state index is 14.2. The van der Waals surface area contributed by atoms with E-state index in [4.69, 9.17) is 9.15 Å². The van der Waals surface area contributed by atoms with Crippen molar-refractivity contribution in [3.05, 3.63) is 65.3 Å². The first kappa shape index (κ1) is 30.1. The third-order valence-corrected chi connectivity index (χ3v) is 11.3. The molecular weight excluding hydrogens is 605 g/mol. The zero-order valence-electron chi connectivity index (χ0n) is 22.7. The van der Waals surface area contributed by atoms with Crippen LogP contribution in [0.15, 0.2) is 52.9 Å². The molecule has 0 radical (unpaired) electrons. The summed E-state index contributed by atoms with van der Waals surface area (Å²) in [5.41, 5.74) is 2.51. The Morgan fingerprint density at radius 1 is 1.10 bits per heavy atom. The van der Waals surface area contributed by atoms with Gasteiger partial charge in [-0.05, 0) is 42.5 Å². The zero-order chi connectivity index (χ0) is 29.9. The van der Waals surface area contributed by atoms with Crippen LogP contribution in [-0.2, 0) is 30.4 Å². The molecule has 1 aliphatic rings. The minimum absolute atomic E-state index is 0.163. The van der Waals surface area contributed by atoms with E-state index in [0.717, 1.165) is 28.7 Å². The summed E-state index contributed by atoms with van der Waals surface area (Å²) < 4.78 is 71.9. The number of hydrogen-bond acceptors (Lipinski definition) is 11. The van der Waals surface area contributed by atoms with Gasteiger partial charge in [-0.2, -0.15) is 8.42 Å². The molecule has 1 aliphatic heterocycles. The summed E-state index contributed by atoms with van der Waals surface area (Å²) in [5.74, 6) is -1.73. The van der Waals surface area contributed by atoms with Crippen molar-refractivity contribution in [2.75, 3.05) is 19.7 Å². The van der Waals surface area contributed by atoms with E-state index in [1.807, 2.05) is 55.5 Å². The second kappa shape index (κ2) is 12.5. The lowest BCUT2D eigenvalue weighted by Gasteiger charge is -2.32. The van der Waals surface area contributed by atoms with E-state index in [1.165, 1.54) is 16.2 Å². The lowest BCUT2D eigenvalue weighted by molar-refractivity contribution is 0.0943. The quantitative estimate of drug-likeness (QED) is 0.190. The van der Waals surface area contributed by atoms with Gasteiger partial charge in [-0.1, -0.05) is 49.7 Å². The van der Waals surface area contributed by atoms with Crippen LogP contribution in [0, 0.1) is 0 Å². The van der Waals surface area contributed by atoms with E-state index < -0.39 is 48.2 Å². The number of piperidine rings is 1. The molecule has 2 aromatic carbocycles. The molecule has 1 amide bonds. The van der Waals surface area contributed by atoms with Gasteiger partial charge in [-0.25, -0.2) is 18.2 Å². The minimum atomic E-state index is -4.49. The molecule has 5 rings (SSSR count). The molecule has 12 nitrogen and oxygen atoms in total. The molecule has 42 heavy (non-hydrogen) atoms. The molecule has 3 heterocycles. The van der Waals surface area contributed by atoms with E-state index in [2.05, 4.69) is 15.2 Å². The summed E-state index contributed by atoms with van der Waals surface area (Å²) in [5, 5.41) is 5.41. The van der Waals surface area contributed by atoms with E-state index in [0.29, 0.717) is 12.1 Å². The van der Waals surface area contributed by atoms with Crippen molar-refractivity contribution in [3.63, 3.8) is 0 Å². The molecule has 224 valence electrons. The van der Waals surface area contributed by atoms with Gasteiger partial charge in [0.15, 0.2) is 20.8 Å². The largest absolute Gasteiger partial charge is 0.449 e. The lowest BCUT2D eigenvalue weighted by Crippen LogP contribution is -2.43. The molecule has 1 unspecified atom stereocenters. The average Bonchev–Trinajstić information content (AvgIpc) is 3.59. The van der Waals surface area contributed by atoms with Gasteiger partial charge in [0.1, 0.15) is 5.01 Å². The van der Waals surface area contributed by atoms with Crippen LogP contribution in [0.4, 0.5) is 4.79 Å². The summed E-state index contributed by atoms with van der Waals surface area (Å²) in [7, 11) is -8.57. The fraction of sp³-hybridized carbons (Fsp3) is 0.407. The van der Waals surface area contributed by atoms with Crippen molar-refractivity contribution in [1.82, 2.24) is 20.1 Å². The Balaban J connectivity index is 1.47. The highest BCUT2D eigenvalue weighted by atomic mass is 32.2. The number of nitrogens with zero attached hydrogens (tertiary/aromatic N) is 4. The first-order valence-corrected chi connectivity index (χ1v) is 17.5. The number of carbonyl (C=O) groups excluding carboxylic acids is 1. The highest BCUT2D eigenvalue weighted by Gasteiger charge is 2.43. The normalized spacial score (nSPS) is 15.6. The molecule has 0 aliphatic carbocycles. The van der Waals surface area contributed by atoms with Crippen LogP contribution in [0.1, 0.15) is 54.6 Å². The number of hydrogen-bond donors (Lipinski definition) is 1. The van der Waals surface area contributed by atoms with Crippen LogP contribution in [-0.4, -0.2) is 72.5 Å². The first-order valence-electron chi connectivity index (χ1n) is 13.4. The van der Waals surface area contributed by atoms with Crippen molar-refractivity contribution in [3.8, 4) is 11.1 Å². The third kappa shape index (κ3) is 6.80. The number of likely N-dealkylation sites (tertiary alicyclic amines) is 1. The lowest BCUT2D eigenvalue weighted by atomic mass is 10.1. The maximum Gasteiger partial charge on any atom is 0.409 e. The Bertz CT molecular complexity index is 1760. The van der Waals surface area contributed by atoms with Gasteiger partial charge in [0.05, 0.1) is 22.1 Å². The predicted octanol–water partition coefficient (Wildman–Crippen LogP) is 4.64. The van der Waals surface area contributed by atoms with Crippen LogP contribution in [0.25, 0.3) is 21.3 Å². The van der Waals surface area contributed by atoms with E-state index in [-0.39, 0.29) is 36.8 Å². The molecule has 1 atom stereocenters. The Kier molecular flexibility index (Phi) is 8.92. The Labute approximate surface area is 247 Å². The molecular formula is C27H30N4O8S3. The summed E-state index contributed by atoms with van der Waals surface area (Å²) in [6.45, 7) is 2.69. The standard InChI is InChI=1S/C27H30N4O8S3/c1-2-3-15-38-27(32)31-13-11-20(12-14-31)42(36,37)24(25-30-29-23(39-25)17-41(33,34)35)26-28-21-10-9-19(16-22(21)40-26)18-7-5-4-6-8-18/h4-10,16,20,24H,2-3,11-15,17H2,1H3,(H,33,34,35). The molecule has 2 aromatic heterocycles. The summed E-state index contributed by atoms with van der Waals surface area (Å²) >= 11 is 1.17. The topological polar surface area (TPSA) is 170 Å². The van der Waals surface area contributed by atoms with Gasteiger partial charge in [0.25, 0.3) is 10.1 Å². The number of rotatable bonds is 10. The number of aromatic nitrogens is 3. The Hall–Kier alpha value is -3.40. The van der Waals surface area contributed by atoms with Crippen LogP contribution in [0.5, 0.6) is 0 Å². The SMILES string of the molecule is CCCCOC(=O)N1CCC(S(=O)(=O)C(c2nnc(CS(=O)(=O)O)o2)c2nc3ccc(-c4ccccc4)cc3s2)CC1. The number of ether oxygens (including phenoxy) is 1. The van der Waals surface area contributed by atoms with Crippen LogP contribution < -0.4 is 0 Å². The second-order valence-electron chi connectivity index (χ2n) is 9.98. The molecule has 1 N–H and O–H groups in total. The molecule has 0 bridgehead atoms. The van der Waals surface area contributed by atoms with Crippen molar-refractivity contribution in [1.29, 1.82) is 0 Å². The fourth-order valence-corrected chi connectivity index (χ4v) is 8.71. The summed E-state index contributed by atoms with van der Waals surface area (Å²) in [6, 6.07) is 15.3. The Morgan fingerprint density at radius 2 is 1.83 bits per heavy atom. The van der Waals surface area contributed by atoms with Crippen molar-refractivity contribution < 1.29 is 35.3 Å². The number of thiazole rings is 1. The smallest absolute Gasteiger partial charge is 0.409 e. The number of carbonyl (C=O) groups is 1. The van der Waals surface area contributed by atoms with Gasteiger partial charge < -0.3 is 14.1 Å². The number of amides is 1. The molecule has 0 spiro atoms. The molecule has 1 saturated heterocycles. The van der Waals surface area contributed by atoms with Crippen molar-refractivity contribution in [2.45, 2.75) is 48.9 Å². The van der Waals surface area contributed by atoms with Crippen LogP contribution in [0.3, 0.4) is 0 Å². The van der Waals surface area contributed by atoms with E-state index in [9.17, 15) is 26.2 Å². The Morgan fingerprint density at radius 3 is 2.52 bits per heavy atom. The second-order valence-corrected chi connectivity index (χ2v) is 14.8.